The van der Waals surface area contributed by atoms with Crippen molar-refractivity contribution in [3.63, 3.8) is 0 Å². The lowest BCUT2D eigenvalue weighted by molar-refractivity contribution is 0.315. The van der Waals surface area contributed by atoms with Gasteiger partial charge in [0.15, 0.2) is 0 Å². The average Bonchev–Trinajstić information content (AvgIpc) is 1.65. The fourth-order valence-electron chi connectivity index (χ4n) is 0.751. The molecule has 54 valence electrons. The largest absolute Gasteiger partial charge is 0.411 e. The third-order valence-corrected chi connectivity index (χ3v) is 1.90. The zero-order valence-corrected chi connectivity index (χ0v) is 8.60. The quantitative estimate of drug-likeness (QED) is 0.265. The van der Waals surface area contributed by atoms with E-state index in [-0.39, 0.29) is 5.04 Å². The van der Waals surface area contributed by atoms with Gasteiger partial charge in [-0.3, -0.25) is 0 Å². The molecular weight excluding hydrogens is 130 g/mol. The van der Waals surface area contributed by atoms with Crippen molar-refractivity contribution in [3.05, 3.63) is 0 Å². The second-order valence-electron chi connectivity index (χ2n) is 3.15. The van der Waals surface area contributed by atoms with Gasteiger partial charge in [0, 0.05) is 10.2 Å². The maximum absolute atomic E-state index is 8.47. The van der Waals surface area contributed by atoms with Gasteiger partial charge in [-0.15, -0.1) is 0 Å². The molecule has 0 radical (unpaired) electrons. The van der Waals surface area contributed by atoms with Crippen LogP contribution >= 0.6 is 0 Å². The first-order chi connectivity index (χ1) is 4.02. The molecule has 2 nitrogen and oxygen atoms in total. The molecule has 0 spiro atoms. The first-order valence-electron chi connectivity index (χ1n) is 3.23. The minimum Gasteiger partial charge on any atom is -0.411 e. The summed E-state index contributed by atoms with van der Waals surface area (Å²) in [6, 6.07) is 0. The maximum atomic E-state index is 8.47. The Labute approximate surface area is 59.4 Å². The summed E-state index contributed by atoms with van der Waals surface area (Å²) in [6.45, 7) is 6.20. The molecule has 0 aromatic carbocycles. The molecule has 0 saturated carbocycles. The molecule has 0 atom stereocenters. The zero-order chi connectivity index (χ0) is 7.49. The monoisotopic (exact) mass is 145 g/mol. The molecule has 0 unspecified atom stereocenters. The number of nitrogens with zero attached hydrogens (tertiary/aromatic N) is 1. The molecule has 0 aromatic heterocycles. The molecule has 0 aromatic rings. The predicted molar refractivity (Wildman–Crippen MR) is 43.5 cm³/mol. The van der Waals surface area contributed by atoms with Gasteiger partial charge in [0.25, 0.3) is 0 Å². The van der Waals surface area contributed by atoms with Crippen LogP contribution in [0.15, 0.2) is 5.16 Å². The molecule has 0 aliphatic rings. The van der Waals surface area contributed by atoms with E-state index in [1.165, 1.54) is 0 Å². The standard InChI is InChI=1S/C6H15NOSi/c1-4-5(7-8)6(2,3)9/h8H,4H2,1-3,9H3. The van der Waals surface area contributed by atoms with E-state index in [1.54, 1.807) is 0 Å². The molecule has 0 aliphatic carbocycles. The highest BCUT2D eigenvalue weighted by molar-refractivity contribution is 6.28. The van der Waals surface area contributed by atoms with Crippen LogP contribution in [0.3, 0.4) is 0 Å². The summed E-state index contributed by atoms with van der Waals surface area (Å²) >= 11 is 0. The maximum Gasteiger partial charge on any atom is 0.0587 e. The Kier molecular flexibility index (Phi) is 2.90. The highest BCUT2D eigenvalue weighted by Gasteiger charge is 2.16. The summed E-state index contributed by atoms with van der Waals surface area (Å²) in [4.78, 5) is 0. The Hall–Kier alpha value is -0.313. The molecular formula is C6H15NOSi. The minimum absolute atomic E-state index is 0.156. The van der Waals surface area contributed by atoms with E-state index in [2.05, 4.69) is 19.0 Å². The van der Waals surface area contributed by atoms with Crippen molar-refractivity contribution in [1.29, 1.82) is 0 Å². The SMILES string of the molecule is CCC(=NO)C(C)(C)[SiH3]. The Balaban J connectivity index is 4.14. The van der Waals surface area contributed by atoms with Crippen LogP contribution in [-0.2, 0) is 0 Å². The summed E-state index contributed by atoms with van der Waals surface area (Å²) < 4.78 is 0. The molecule has 0 amide bonds. The number of oxime groups is 1. The summed E-state index contributed by atoms with van der Waals surface area (Å²) in [5.74, 6) is 0. The molecule has 0 heterocycles. The fraction of sp³-hybridized carbons (Fsp3) is 0.833. The van der Waals surface area contributed by atoms with Gasteiger partial charge in [-0.2, -0.15) is 0 Å². The van der Waals surface area contributed by atoms with Gasteiger partial charge < -0.3 is 5.21 Å². The van der Waals surface area contributed by atoms with Crippen molar-refractivity contribution in [3.8, 4) is 0 Å². The van der Waals surface area contributed by atoms with E-state index >= 15 is 0 Å². The molecule has 9 heavy (non-hydrogen) atoms. The van der Waals surface area contributed by atoms with Crippen LogP contribution in [0, 0.1) is 0 Å². The average molecular weight is 145 g/mol. The summed E-state index contributed by atoms with van der Waals surface area (Å²) in [5.41, 5.74) is 0.911. The normalized spacial score (nSPS) is 14.3. The molecule has 1 N–H and O–H groups in total. The van der Waals surface area contributed by atoms with E-state index in [0.717, 1.165) is 22.4 Å². The van der Waals surface area contributed by atoms with Crippen LogP contribution in [0.1, 0.15) is 27.2 Å². The van der Waals surface area contributed by atoms with Gasteiger partial charge in [0.1, 0.15) is 0 Å². The van der Waals surface area contributed by atoms with E-state index in [1.807, 2.05) is 6.92 Å². The topological polar surface area (TPSA) is 32.6 Å². The van der Waals surface area contributed by atoms with Crippen LogP contribution in [0.5, 0.6) is 0 Å². The van der Waals surface area contributed by atoms with E-state index in [9.17, 15) is 0 Å². The summed E-state index contributed by atoms with van der Waals surface area (Å²) in [6.07, 6.45) is 0.854. The first kappa shape index (κ1) is 8.69. The van der Waals surface area contributed by atoms with Gasteiger partial charge in [-0.1, -0.05) is 25.9 Å². The van der Waals surface area contributed by atoms with Crippen LogP contribution < -0.4 is 0 Å². The second kappa shape index (κ2) is 3.01. The highest BCUT2D eigenvalue weighted by Crippen LogP contribution is 2.22. The van der Waals surface area contributed by atoms with Crippen LogP contribution in [-0.4, -0.2) is 21.2 Å². The van der Waals surface area contributed by atoms with Crippen molar-refractivity contribution < 1.29 is 5.21 Å². The van der Waals surface area contributed by atoms with Gasteiger partial charge in [0.2, 0.25) is 0 Å². The van der Waals surface area contributed by atoms with Gasteiger partial charge in [-0.05, 0) is 11.5 Å². The van der Waals surface area contributed by atoms with Crippen LogP contribution in [0.25, 0.3) is 0 Å². The lowest BCUT2D eigenvalue weighted by Gasteiger charge is -2.17. The number of hydrogen-bond donors (Lipinski definition) is 1. The van der Waals surface area contributed by atoms with E-state index < -0.39 is 0 Å². The van der Waals surface area contributed by atoms with Crippen molar-refractivity contribution in [2.45, 2.75) is 32.2 Å². The third kappa shape index (κ3) is 2.65. The molecule has 0 saturated heterocycles. The Morgan fingerprint density at radius 1 is 1.67 bits per heavy atom. The smallest absolute Gasteiger partial charge is 0.0587 e. The van der Waals surface area contributed by atoms with E-state index in [4.69, 9.17) is 5.21 Å². The van der Waals surface area contributed by atoms with E-state index in [0.29, 0.717) is 0 Å². The van der Waals surface area contributed by atoms with Gasteiger partial charge in [-0.25, -0.2) is 0 Å². The van der Waals surface area contributed by atoms with Crippen molar-refractivity contribution in [1.82, 2.24) is 0 Å². The molecule has 0 fully saturated rings. The predicted octanol–water partition coefficient (Wildman–Crippen LogP) is 0.790. The molecule has 0 rings (SSSR count). The van der Waals surface area contributed by atoms with Gasteiger partial charge in [0.05, 0.1) is 5.71 Å². The second-order valence-corrected chi connectivity index (χ2v) is 5.65. The van der Waals surface area contributed by atoms with Crippen molar-refractivity contribution in [2.24, 2.45) is 5.16 Å². The molecule has 0 bridgehead atoms. The van der Waals surface area contributed by atoms with Gasteiger partial charge >= 0.3 is 0 Å². The zero-order valence-electron chi connectivity index (χ0n) is 6.60. The Bertz CT molecular complexity index is 115. The fourth-order valence-corrected chi connectivity index (χ4v) is 1.20. The van der Waals surface area contributed by atoms with Crippen LogP contribution in [0.4, 0.5) is 0 Å². The lowest BCUT2D eigenvalue weighted by Crippen LogP contribution is -2.16. The minimum atomic E-state index is 0.156. The number of hydrogen-bond acceptors (Lipinski definition) is 2. The lowest BCUT2D eigenvalue weighted by atomic mass is 10.1. The Morgan fingerprint density at radius 2 is 2.11 bits per heavy atom. The van der Waals surface area contributed by atoms with Crippen LogP contribution in [0.2, 0.25) is 5.04 Å². The number of rotatable bonds is 2. The van der Waals surface area contributed by atoms with Crippen molar-refractivity contribution >= 4 is 16.0 Å². The summed E-state index contributed by atoms with van der Waals surface area (Å²) in [7, 11) is 1.04. The molecule has 3 heteroatoms. The first-order valence-corrected chi connectivity index (χ1v) is 4.23. The molecule has 0 aliphatic heterocycles. The van der Waals surface area contributed by atoms with Crippen molar-refractivity contribution in [2.75, 3.05) is 0 Å². The summed E-state index contributed by atoms with van der Waals surface area (Å²) in [5, 5.41) is 11.9. The third-order valence-electron chi connectivity index (χ3n) is 1.32. The Morgan fingerprint density at radius 3 is 2.11 bits per heavy atom. The highest BCUT2D eigenvalue weighted by atomic mass is 28.1.